The van der Waals surface area contributed by atoms with Crippen molar-refractivity contribution in [2.24, 2.45) is 17.6 Å². The van der Waals surface area contributed by atoms with Gasteiger partial charge in [-0.25, -0.2) is 4.98 Å². The predicted octanol–water partition coefficient (Wildman–Crippen LogP) is 2.82. The van der Waals surface area contributed by atoms with Gasteiger partial charge >= 0.3 is 0 Å². The molecule has 2 fully saturated rings. The zero-order chi connectivity index (χ0) is 18.7. The fourth-order valence-electron chi connectivity index (χ4n) is 4.05. The van der Waals surface area contributed by atoms with E-state index in [1.807, 2.05) is 11.8 Å². The number of piperidine rings is 1. The van der Waals surface area contributed by atoms with Gasteiger partial charge in [0.2, 0.25) is 11.8 Å². The molecule has 0 aromatic carbocycles. The first-order chi connectivity index (χ1) is 12.4. The number of anilines is 1. The van der Waals surface area contributed by atoms with Crippen LogP contribution >= 0.6 is 11.6 Å². The third kappa shape index (κ3) is 4.35. The standard InChI is InChI=1S/C19H27ClN4O2/c1-19(21)9-3-2-6-15(19)18(26)24-10-4-5-13(12-24)17(25)23-16-8-7-14(20)11-22-16/h7-8,11,13,15H,2-6,9-10,12,21H2,1H3,(H,22,23,25). The lowest BCUT2D eigenvalue weighted by Gasteiger charge is -2.42. The first kappa shape index (κ1) is 19.1. The molecule has 2 aliphatic rings. The van der Waals surface area contributed by atoms with Crippen molar-refractivity contribution >= 4 is 29.2 Å². The highest BCUT2D eigenvalue weighted by molar-refractivity contribution is 6.30. The summed E-state index contributed by atoms with van der Waals surface area (Å²) in [5.74, 6) is 0.117. The van der Waals surface area contributed by atoms with Gasteiger partial charge in [0.05, 0.1) is 16.9 Å². The topological polar surface area (TPSA) is 88.3 Å². The second kappa shape index (κ2) is 7.92. The molecule has 3 N–H and O–H groups in total. The van der Waals surface area contributed by atoms with Gasteiger partial charge in [-0.1, -0.05) is 24.4 Å². The lowest BCUT2D eigenvalue weighted by Crippen LogP contribution is -2.55. The molecule has 0 radical (unpaired) electrons. The molecule has 7 heteroatoms. The van der Waals surface area contributed by atoms with E-state index in [-0.39, 0.29) is 23.7 Å². The first-order valence-corrected chi connectivity index (χ1v) is 9.75. The molecule has 142 valence electrons. The molecule has 0 spiro atoms. The molecular weight excluding hydrogens is 352 g/mol. The van der Waals surface area contributed by atoms with Crippen LogP contribution in [0.15, 0.2) is 18.3 Å². The van der Waals surface area contributed by atoms with Gasteiger partial charge in [0.1, 0.15) is 5.82 Å². The summed E-state index contributed by atoms with van der Waals surface area (Å²) in [7, 11) is 0. The molecule has 26 heavy (non-hydrogen) atoms. The second-order valence-corrected chi connectivity index (χ2v) is 8.21. The molecule has 2 amide bonds. The van der Waals surface area contributed by atoms with Gasteiger partial charge in [-0.15, -0.1) is 0 Å². The molecule has 3 rings (SSSR count). The highest BCUT2D eigenvalue weighted by Gasteiger charge is 2.41. The molecule has 6 nitrogen and oxygen atoms in total. The van der Waals surface area contributed by atoms with Crippen LogP contribution in [0.4, 0.5) is 5.82 Å². The van der Waals surface area contributed by atoms with E-state index < -0.39 is 5.54 Å². The van der Waals surface area contributed by atoms with Crippen molar-refractivity contribution in [3.63, 3.8) is 0 Å². The van der Waals surface area contributed by atoms with Crippen LogP contribution in [0.5, 0.6) is 0 Å². The quantitative estimate of drug-likeness (QED) is 0.846. The zero-order valence-corrected chi connectivity index (χ0v) is 16.0. The molecule has 1 aromatic rings. The molecule has 1 saturated carbocycles. The van der Waals surface area contributed by atoms with Gasteiger partial charge in [0.25, 0.3) is 0 Å². The fraction of sp³-hybridized carbons (Fsp3) is 0.632. The van der Waals surface area contributed by atoms with Gasteiger partial charge in [-0.05, 0) is 44.7 Å². The van der Waals surface area contributed by atoms with Crippen molar-refractivity contribution in [1.82, 2.24) is 9.88 Å². The Morgan fingerprint density at radius 1 is 1.31 bits per heavy atom. The summed E-state index contributed by atoms with van der Waals surface area (Å²) in [6.45, 7) is 3.13. The molecule has 0 bridgehead atoms. The normalized spacial score (nSPS) is 29.3. The fourth-order valence-corrected chi connectivity index (χ4v) is 4.17. The number of nitrogens with zero attached hydrogens (tertiary/aromatic N) is 2. The van der Waals surface area contributed by atoms with E-state index in [9.17, 15) is 9.59 Å². The Kier molecular flexibility index (Phi) is 5.82. The summed E-state index contributed by atoms with van der Waals surface area (Å²) in [6.07, 6.45) is 6.94. The second-order valence-electron chi connectivity index (χ2n) is 7.78. The van der Waals surface area contributed by atoms with E-state index >= 15 is 0 Å². The van der Waals surface area contributed by atoms with Crippen LogP contribution in [-0.4, -0.2) is 40.3 Å². The van der Waals surface area contributed by atoms with Gasteiger partial charge < -0.3 is 16.0 Å². The number of nitrogens with one attached hydrogen (secondary N) is 1. The highest BCUT2D eigenvalue weighted by Crippen LogP contribution is 2.34. The Labute approximate surface area is 159 Å². The van der Waals surface area contributed by atoms with E-state index in [2.05, 4.69) is 10.3 Å². The number of hydrogen-bond acceptors (Lipinski definition) is 4. The SMILES string of the molecule is CC1(N)CCCCC1C(=O)N1CCCC(C(=O)Nc2ccc(Cl)cn2)C1. The maximum absolute atomic E-state index is 13.0. The van der Waals surface area contributed by atoms with Crippen molar-refractivity contribution in [3.05, 3.63) is 23.4 Å². The van der Waals surface area contributed by atoms with E-state index in [0.29, 0.717) is 23.9 Å². The Balaban J connectivity index is 1.62. The third-order valence-corrected chi connectivity index (χ3v) is 5.86. The van der Waals surface area contributed by atoms with Gasteiger partial charge in [-0.2, -0.15) is 0 Å². The number of nitrogens with two attached hydrogens (primary N) is 1. The van der Waals surface area contributed by atoms with Gasteiger partial charge in [0, 0.05) is 24.8 Å². The minimum atomic E-state index is -0.447. The van der Waals surface area contributed by atoms with Crippen LogP contribution in [0.3, 0.4) is 0 Å². The van der Waals surface area contributed by atoms with Crippen LogP contribution in [0, 0.1) is 11.8 Å². The average Bonchev–Trinajstić information content (AvgIpc) is 2.63. The van der Waals surface area contributed by atoms with Gasteiger partial charge in [-0.3, -0.25) is 9.59 Å². The minimum absolute atomic E-state index is 0.100. The van der Waals surface area contributed by atoms with Crippen LogP contribution < -0.4 is 11.1 Å². The molecule has 1 aliphatic carbocycles. The predicted molar refractivity (Wildman–Crippen MR) is 102 cm³/mol. The number of carbonyl (C=O) groups excluding carboxylic acids is 2. The summed E-state index contributed by atoms with van der Waals surface area (Å²) in [6, 6.07) is 3.36. The molecule has 1 aliphatic heterocycles. The van der Waals surface area contributed by atoms with E-state index in [0.717, 1.165) is 38.5 Å². The number of hydrogen-bond donors (Lipinski definition) is 2. The Bertz CT molecular complexity index is 662. The van der Waals surface area contributed by atoms with E-state index in [1.54, 1.807) is 12.1 Å². The zero-order valence-electron chi connectivity index (χ0n) is 15.2. The van der Waals surface area contributed by atoms with Crippen molar-refractivity contribution < 1.29 is 9.59 Å². The maximum atomic E-state index is 13.0. The third-order valence-electron chi connectivity index (χ3n) is 5.63. The van der Waals surface area contributed by atoms with Crippen LogP contribution in [0.2, 0.25) is 5.02 Å². The summed E-state index contributed by atoms with van der Waals surface area (Å²) in [5.41, 5.74) is 5.95. The number of carbonyl (C=O) groups is 2. The average molecular weight is 379 g/mol. The Morgan fingerprint density at radius 2 is 2.12 bits per heavy atom. The van der Waals surface area contributed by atoms with Gasteiger partial charge in [0.15, 0.2) is 0 Å². The Morgan fingerprint density at radius 3 is 2.81 bits per heavy atom. The highest BCUT2D eigenvalue weighted by atomic mass is 35.5. The number of likely N-dealkylation sites (tertiary alicyclic amines) is 1. The molecular formula is C19H27ClN4O2. The summed E-state index contributed by atoms with van der Waals surface area (Å²) < 4.78 is 0. The lowest BCUT2D eigenvalue weighted by molar-refractivity contribution is -0.141. The first-order valence-electron chi connectivity index (χ1n) is 9.37. The smallest absolute Gasteiger partial charge is 0.230 e. The van der Waals surface area contributed by atoms with Crippen molar-refractivity contribution in [1.29, 1.82) is 0 Å². The molecule has 1 saturated heterocycles. The summed E-state index contributed by atoms with van der Waals surface area (Å²) in [5, 5.41) is 3.35. The van der Waals surface area contributed by atoms with Crippen LogP contribution in [-0.2, 0) is 9.59 Å². The van der Waals surface area contributed by atoms with Crippen LogP contribution in [0.1, 0.15) is 45.4 Å². The molecule has 3 atom stereocenters. The summed E-state index contributed by atoms with van der Waals surface area (Å²) >= 11 is 5.82. The monoisotopic (exact) mass is 378 g/mol. The lowest BCUT2D eigenvalue weighted by atomic mass is 9.73. The number of rotatable bonds is 3. The number of pyridine rings is 1. The molecule has 1 aromatic heterocycles. The van der Waals surface area contributed by atoms with E-state index in [1.165, 1.54) is 6.20 Å². The summed E-state index contributed by atoms with van der Waals surface area (Å²) in [4.78, 5) is 31.5. The number of halogens is 1. The molecule has 2 heterocycles. The maximum Gasteiger partial charge on any atom is 0.230 e. The Hall–Kier alpha value is -1.66. The molecule has 3 unspecified atom stereocenters. The van der Waals surface area contributed by atoms with Crippen LogP contribution in [0.25, 0.3) is 0 Å². The van der Waals surface area contributed by atoms with Crippen molar-refractivity contribution in [2.75, 3.05) is 18.4 Å². The van der Waals surface area contributed by atoms with Crippen molar-refractivity contribution in [3.8, 4) is 0 Å². The number of aromatic nitrogens is 1. The minimum Gasteiger partial charge on any atom is -0.342 e. The van der Waals surface area contributed by atoms with Crippen molar-refractivity contribution in [2.45, 2.75) is 51.0 Å². The number of amides is 2. The largest absolute Gasteiger partial charge is 0.342 e. The van der Waals surface area contributed by atoms with E-state index in [4.69, 9.17) is 17.3 Å².